The van der Waals surface area contributed by atoms with E-state index in [0.29, 0.717) is 0 Å². The van der Waals surface area contributed by atoms with Gasteiger partial charge in [0.25, 0.3) is 0 Å². The second-order valence-corrected chi connectivity index (χ2v) is 3.52. The molecule has 15 heavy (non-hydrogen) atoms. The number of ketones is 2. The maximum atomic E-state index is 11.3. The van der Waals surface area contributed by atoms with Gasteiger partial charge in [0.15, 0.2) is 5.78 Å². The number of benzene rings is 1. The molecule has 0 atom stereocenters. The first kappa shape index (κ1) is 9.65. The maximum absolute atomic E-state index is 11.3. The van der Waals surface area contributed by atoms with Gasteiger partial charge in [-0.2, -0.15) is 0 Å². The summed E-state index contributed by atoms with van der Waals surface area (Å²) in [6, 6.07) is 7.72. The monoisotopic (exact) mass is 201 g/mol. The molecule has 0 saturated carbocycles. The van der Waals surface area contributed by atoms with Crippen molar-refractivity contribution < 1.29 is 9.59 Å². The number of carbonyl (C=O) groups excluding carboxylic acids is 2. The Bertz CT molecular complexity index is 525. The van der Waals surface area contributed by atoms with E-state index in [-0.39, 0.29) is 18.0 Å². The molecule has 3 heteroatoms. The lowest BCUT2D eigenvalue weighted by atomic mass is 10.1. The first-order chi connectivity index (χ1) is 7.18. The molecule has 0 unspecified atom stereocenters. The fourth-order valence-corrected chi connectivity index (χ4v) is 1.58. The van der Waals surface area contributed by atoms with Crippen molar-refractivity contribution in [1.82, 2.24) is 4.98 Å². The SMILES string of the molecule is CC(=O)C(=O)Cc1c[nH]c2ccccc12. The molecule has 0 aliphatic rings. The highest BCUT2D eigenvalue weighted by Crippen LogP contribution is 2.18. The third-order valence-corrected chi connectivity index (χ3v) is 2.42. The summed E-state index contributed by atoms with van der Waals surface area (Å²) >= 11 is 0. The van der Waals surface area contributed by atoms with Gasteiger partial charge in [0.2, 0.25) is 5.78 Å². The van der Waals surface area contributed by atoms with Crippen LogP contribution in [0.4, 0.5) is 0 Å². The highest BCUT2D eigenvalue weighted by atomic mass is 16.2. The summed E-state index contributed by atoms with van der Waals surface area (Å²) < 4.78 is 0. The fourth-order valence-electron chi connectivity index (χ4n) is 1.58. The summed E-state index contributed by atoms with van der Waals surface area (Å²) in [6.45, 7) is 1.30. The molecule has 1 aromatic carbocycles. The molecular formula is C12H11NO2. The van der Waals surface area contributed by atoms with E-state index in [9.17, 15) is 9.59 Å². The number of hydrogen-bond acceptors (Lipinski definition) is 2. The molecule has 1 N–H and O–H groups in total. The predicted molar refractivity (Wildman–Crippen MR) is 57.7 cm³/mol. The summed E-state index contributed by atoms with van der Waals surface area (Å²) in [5.74, 6) is -0.736. The van der Waals surface area contributed by atoms with E-state index in [4.69, 9.17) is 0 Å². The molecule has 0 aliphatic carbocycles. The van der Waals surface area contributed by atoms with Crippen LogP contribution >= 0.6 is 0 Å². The molecule has 3 nitrogen and oxygen atoms in total. The zero-order valence-electron chi connectivity index (χ0n) is 8.41. The minimum absolute atomic E-state index is 0.180. The second kappa shape index (κ2) is 3.69. The lowest BCUT2D eigenvalue weighted by Crippen LogP contribution is -2.11. The van der Waals surface area contributed by atoms with Crippen molar-refractivity contribution in [3.63, 3.8) is 0 Å². The Balaban J connectivity index is 2.37. The number of carbonyl (C=O) groups is 2. The van der Waals surface area contributed by atoms with E-state index in [1.807, 2.05) is 24.3 Å². The van der Waals surface area contributed by atoms with Crippen LogP contribution in [0.25, 0.3) is 10.9 Å². The molecular weight excluding hydrogens is 190 g/mol. The Morgan fingerprint density at radius 1 is 1.27 bits per heavy atom. The van der Waals surface area contributed by atoms with Gasteiger partial charge in [-0.15, -0.1) is 0 Å². The van der Waals surface area contributed by atoms with E-state index in [0.717, 1.165) is 16.5 Å². The zero-order valence-corrected chi connectivity index (χ0v) is 8.41. The van der Waals surface area contributed by atoms with Crippen molar-refractivity contribution in [3.8, 4) is 0 Å². The number of nitrogens with one attached hydrogen (secondary N) is 1. The van der Waals surface area contributed by atoms with Crippen LogP contribution in [0.5, 0.6) is 0 Å². The Morgan fingerprint density at radius 3 is 2.73 bits per heavy atom. The van der Waals surface area contributed by atoms with Gasteiger partial charge in [-0.1, -0.05) is 18.2 Å². The number of Topliss-reactive ketones (excluding diaryl/α,β-unsaturated/α-hetero) is 2. The summed E-state index contributed by atoms with van der Waals surface area (Å²) in [7, 11) is 0. The van der Waals surface area contributed by atoms with Crippen LogP contribution in [0.15, 0.2) is 30.5 Å². The number of H-pyrrole nitrogens is 1. The molecule has 2 aromatic rings. The number of para-hydroxylation sites is 1. The van der Waals surface area contributed by atoms with E-state index in [1.54, 1.807) is 6.20 Å². The molecule has 0 bridgehead atoms. The topological polar surface area (TPSA) is 49.9 Å². The molecule has 0 radical (unpaired) electrons. The van der Waals surface area contributed by atoms with E-state index in [1.165, 1.54) is 6.92 Å². The summed E-state index contributed by atoms with van der Waals surface area (Å²) in [6.07, 6.45) is 1.96. The molecule has 0 saturated heterocycles. The van der Waals surface area contributed by atoms with Crippen molar-refractivity contribution >= 4 is 22.5 Å². The second-order valence-electron chi connectivity index (χ2n) is 3.52. The fraction of sp³-hybridized carbons (Fsp3) is 0.167. The molecule has 0 fully saturated rings. The van der Waals surface area contributed by atoms with Crippen molar-refractivity contribution in [1.29, 1.82) is 0 Å². The van der Waals surface area contributed by atoms with Gasteiger partial charge >= 0.3 is 0 Å². The normalized spacial score (nSPS) is 10.5. The average Bonchev–Trinajstić information content (AvgIpc) is 2.62. The highest BCUT2D eigenvalue weighted by Gasteiger charge is 2.11. The van der Waals surface area contributed by atoms with Crippen LogP contribution in [0.2, 0.25) is 0 Å². The highest BCUT2D eigenvalue weighted by molar-refractivity contribution is 6.36. The van der Waals surface area contributed by atoms with E-state index >= 15 is 0 Å². The number of hydrogen-bond donors (Lipinski definition) is 1. The smallest absolute Gasteiger partial charge is 0.202 e. The van der Waals surface area contributed by atoms with Crippen LogP contribution < -0.4 is 0 Å². The lowest BCUT2D eigenvalue weighted by molar-refractivity contribution is -0.134. The summed E-state index contributed by atoms with van der Waals surface area (Å²) in [4.78, 5) is 25.2. The van der Waals surface area contributed by atoms with E-state index in [2.05, 4.69) is 4.98 Å². The Kier molecular flexibility index (Phi) is 2.37. The van der Waals surface area contributed by atoms with Crippen molar-refractivity contribution in [2.24, 2.45) is 0 Å². The van der Waals surface area contributed by atoms with Crippen LogP contribution in [0.3, 0.4) is 0 Å². The largest absolute Gasteiger partial charge is 0.361 e. The van der Waals surface area contributed by atoms with Crippen LogP contribution in [-0.2, 0) is 16.0 Å². The molecule has 76 valence electrons. The standard InChI is InChI=1S/C12H11NO2/c1-8(14)12(15)6-9-7-13-11-5-3-2-4-10(9)11/h2-5,7,13H,6H2,1H3. The predicted octanol–water partition coefficient (Wildman–Crippen LogP) is 1.87. The minimum atomic E-state index is -0.389. The minimum Gasteiger partial charge on any atom is -0.361 e. The van der Waals surface area contributed by atoms with Gasteiger partial charge in [0.1, 0.15) is 0 Å². The van der Waals surface area contributed by atoms with Crippen LogP contribution in [-0.4, -0.2) is 16.6 Å². The number of fused-ring (bicyclic) bond motifs is 1. The molecule has 0 amide bonds. The molecule has 0 spiro atoms. The Morgan fingerprint density at radius 2 is 2.00 bits per heavy atom. The Hall–Kier alpha value is -1.90. The van der Waals surface area contributed by atoms with Gasteiger partial charge < -0.3 is 4.98 Å². The first-order valence-corrected chi connectivity index (χ1v) is 4.77. The third kappa shape index (κ3) is 1.81. The lowest BCUT2D eigenvalue weighted by Gasteiger charge is -1.95. The summed E-state index contributed by atoms with van der Waals surface area (Å²) in [5.41, 5.74) is 1.87. The van der Waals surface area contributed by atoms with Crippen LogP contribution in [0.1, 0.15) is 12.5 Å². The van der Waals surface area contributed by atoms with Gasteiger partial charge in [-0.05, 0) is 11.6 Å². The third-order valence-electron chi connectivity index (χ3n) is 2.42. The molecule has 1 aromatic heterocycles. The summed E-state index contributed by atoms with van der Waals surface area (Å²) in [5, 5.41) is 1.01. The van der Waals surface area contributed by atoms with Crippen molar-refractivity contribution in [3.05, 3.63) is 36.0 Å². The maximum Gasteiger partial charge on any atom is 0.202 e. The quantitative estimate of drug-likeness (QED) is 0.770. The van der Waals surface area contributed by atoms with Gasteiger partial charge in [0.05, 0.1) is 0 Å². The van der Waals surface area contributed by atoms with E-state index < -0.39 is 0 Å². The first-order valence-electron chi connectivity index (χ1n) is 4.77. The zero-order chi connectivity index (χ0) is 10.8. The van der Waals surface area contributed by atoms with Gasteiger partial charge in [-0.3, -0.25) is 9.59 Å². The van der Waals surface area contributed by atoms with Crippen molar-refractivity contribution in [2.75, 3.05) is 0 Å². The van der Waals surface area contributed by atoms with Gasteiger partial charge in [0, 0.05) is 30.4 Å². The Labute approximate surface area is 87.1 Å². The van der Waals surface area contributed by atoms with Gasteiger partial charge in [-0.25, -0.2) is 0 Å². The van der Waals surface area contributed by atoms with Crippen molar-refractivity contribution in [2.45, 2.75) is 13.3 Å². The average molecular weight is 201 g/mol. The number of aromatic nitrogens is 1. The molecule has 2 rings (SSSR count). The number of aromatic amines is 1. The van der Waals surface area contributed by atoms with Crippen LogP contribution in [0, 0.1) is 0 Å². The number of rotatable bonds is 3. The molecule has 1 heterocycles. The molecule has 0 aliphatic heterocycles.